The first kappa shape index (κ1) is 19.3. The highest BCUT2D eigenvalue weighted by molar-refractivity contribution is 6.04. The van der Waals surface area contributed by atoms with Crippen LogP contribution in [0.5, 0.6) is 11.5 Å². The van der Waals surface area contributed by atoms with Gasteiger partial charge in [-0.05, 0) is 30.3 Å². The maximum atomic E-state index is 14.1. The van der Waals surface area contributed by atoms with Gasteiger partial charge in [-0.15, -0.1) is 12.4 Å². The van der Waals surface area contributed by atoms with Gasteiger partial charge in [-0.3, -0.25) is 4.79 Å². The van der Waals surface area contributed by atoms with Crippen molar-refractivity contribution in [2.24, 2.45) is 10.7 Å². The minimum Gasteiger partial charge on any atom is -0.454 e. The van der Waals surface area contributed by atoms with Crippen molar-refractivity contribution in [2.45, 2.75) is 18.5 Å². The molecule has 3 aliphatic heterocycles. The minimum absolute atomic E-state index is 0. The summed E-state index contributed by atoms with van der Waals surface area (Å²) in [5, 5.41) is 3.33. The first-order valence-corrected chi connectivity index (χ1v) is 9.16. The molecule has 0 atom stereocenters. The summed E-state index contributed by atoms with van der Waals surface area (Å²) in [5.41, 5.74) is 6.96. The van der Waals surface area contributed by atoms with Gasteiger partial charge in [0.2, 0.25) is 6.79 Å². The number of nitrogens with zero attached hydrogens (tertiary/aromatic N) is 2. The van der Waals surface area contributed by atoms with Crippen LogP contribution in [0.3, 0.4) is 0 Å². The third kappa shape index (κ3) is 3.23. The average Bonchev–Trinajstić information content (AvgIpc) is 3.15. The molecule has 2 aromatic rings. The van der Waals surface area contributed by atoms with Crippen LogP contribution in [-0.2, 0) is 0 Å². The first-order valence-electron chi connectivity index (χ1n) is 9.16. The maximum Gasteiger partial charge on any atom is 0.253 e. The monoisotopic (exact) mass is 418 g/mol. The minimum atomic E-state index is -0.615. The van der Waals surface area contributed by atoms with Crippen LogP contribution in [0.15, 0.2) is 41.4 Å². The van der Waals surface area contributed by atoms with Crippen LogP contribution in [0, 0.1) is 5.82 Å². The van der Waals surface area contributed by atoms with Crippen molar-refractivity contribution >= 4 is 29.8 Å². The summed E-state index contributed by atoms with van der Waals surface area (Å²) in [5.74, 6) is 0.979. The molecule has 5 rings (SSSR count). The SMILES string of the molecule is Cl.NC1=NC2(CCN(C(=O)c3ccc4c(c3)OCO4)CC2)Nc2cccc(F)c21. The molecule has 0 radical (unpaired) electrons. The number of amidine groups is 1. The van der Waals surface area contributed by atoms with Gasteiger partial charge in [0, 0.05) is 37.2 Å². The quantitative estimate of drug-likeness (QED) is 0.743. The van der Waals surface area contributed by atoms with Crippen molar-refractivity contribution in [1.29, 1.82) is 0 Å². The third-order valence-corrected chi connectivity index (χ3v) is 5.47. The van der Waals surface area contributed by atoms with Gasteiger partial charge in [0.15, 0.2) is 11.5 Å². The average molecular weight is 419 g/mol. The van der Waals surface area contributed by atoms with Crippen molar-refractivity contribution < 1.29 is 18.7 Å². The molecule has 1 fully saturated rings. The number of carbonyl (C=O) groups is 1. The van der Waals surface area contributed by atoms with E-state index < -0.39 is 11.5 Å². The Hall–Kier alpha value is -3.00. The second-order valence-corrected chi connectivity index (χ2v) is 7.18. The van der Waals surface area contributed by atoms with Crippen molar-refractivity contribution in [2.75, 3.05) is 25.2 Å². The van der Waals surface area contributed by atoms with Gasteiger partial charge in [-0.1, -0.05) is 6.07 Å². The number of carbonyl (C=O) groups excluding carboxylic acids is 1. The number of benzene rings is 2. The first-order chi connectivity index (χ1) is 13.5. The number of aliphatic imine (C=N–C) groups is 1. The van der Waals surface area contributed by atoms with Gasteiger partial charge in [0.05, 0.1) is 5.56 Å². The molecule has 0 bridgehead atoms. The van der Waals surface area contributed by atoms with Crippen LogP contribution in [0.25, 0.3) is 0 Å². The number of ether oxygens (including phenoxy) is 2. The lowest BCUT2D eigenvalue weighted by Crippen LogP contribution is -2.52. The molecule has 7 nitrogen and oxygen atoms in total. The number of rotatable bonds is 1. The summed E-state index contributed by atoms with van der Waals surface area (Å²) in [6, 6.07) is 10.0. The summed E-state index contributed by atoms with van der Waals surface area (Å²) >= 11 is 0. The zero-order chi connectivity index (χ0) is 19.3. The van der Waals surface area contributed by atoms with Crippen molar-refractivity contribution in [3.05, 3.63) is 53.3 Å². The second-order valence-electron chi connectivity index (χ2n) is 7.18. The van der Waals surface area contributed by atoms with Crippen LogP contribution >= 0.6 is 12.4 Å². The highest BCUT2D eigenvalue weighted by Crippen LogP contribution is 2.36. The Kier molecular flexibility index (Phi) is 4.74. The zero-order valence-electron chi connectivity index (χ0n) is 15.5. The fourth-order valence-corrected chi connectivity index (χ4v) is 3.98. The Morgan fingerprint density at radius 1 is 1.17 bits per heavy atom. The van der Waals surface area contributed by atoms with E-state index in [0.717, 1.165) is 0 Å². The Bertz CT molecular complexity index is 1010. The molecule has 2 aromatic carbocycles. The number of amides is 1. The number of hydrogen-bond acceptors (Lipinski definition) is 6. The largest absolute Gasteiger partial charge is 0.454 e. The standard InChI is InChI=1S/C20H19FN4O3.ClH/c21-13-2-1-3-14-17(13)18(22)24-20(23-14)6-8-25(9-7-20)19(26)12-4-5-15-16(10-12)28-11-27-15;/h1-5,10,23H,6-9,11H2,(H2,22,24);1H. The lowest BCUT2D eigenvalue weighted by molar-refractivity contribution is 0.0685. The molecular weight excluding hydrogens is 399 g/mol. The molecule has 1 saturated heterocycles. The zero-order valence-corrected chi connectivity index (χ0v) is 16.3. The van der Waals surface area contributed by atoms with Gasteiger partial charge in [0.25, 0.3) is 5.91 Å². The number of fused-ring (bicyclic) bond motifs is 2. The fourth-order valence-electron chi connectivity index (χ4n) is 3.98. The molecule has 0 aromatic heterocycles. The second kappa shape index (κ2) is 7.11. The van der Waals surface area contributed by atoms with E-state index in [2.05, 4.69) is 10.3 Å². The number of nitrogens with one attached hydrogen (secondary N) is 1. The molecule has 0 aliphatic carbocycles. The molecule has 3 aliphatic rings. The summed E-state index contributed by atoms with van der Waals surface area (Å²) in [6.07, 6.45) is 1.17. The van der Waals surface area contributed by atoms with Crippen LogP contribution in [0.4, 0.5) is 10.1 Å². The van der Waals surface area contributed by atoms with Crippen LogP contribution < -0.4 is 20.5 Å². The summed E-state index contributed by atoms with van der Waals surface area (Å²) in [7, 11) is 0. The van der Waals surface area contributed by atoms with E-state index in [0.29, 0.717) is 54.2 Å². The fraction of sp³-hybridized carbons (Fsp3) is 0.300. The lowest BCUT2D eigenvalue weighted by atomic mass is 9.93. The lowest BCUT2D eigenvalue weighted by Gasteiger charge is -2.42. The van der Waals surface area contributed by atoms with E-state index >= 15 is 0 Å². The van der Waals surface area contributed by atoms with E-state index in [4.69, 9.17) is 15.2 Å². The molecule has 3 heterocycles. The third-order valence-electron chi connectivity index (χ3n) is 5.47. The smallest absolute Gasteiger partial charge is 0.253 e. The van der Waals surface area contributed by atoms with E-state index in [1.165, 1.54) is 6.07 Å². The Morgan fingerprint density at radius 3 is 2.72 bits per heavy atom. The Morgan fingerprint density at radius 2 is 1.93 bits per heavy atom. The topological polar surface area (TPSA) is 89.2 Å². The number of hydrogen-bond donors (Lipinski definition) is 2. The summed E-state index contributed by atoms with van der Waals surface area (Å²) in [4.78, 5) is 19.2. The molecule has 29 heavy (non-hydrogen) atoms. The van der Waals surface area contributed by atoms with Gasteiger partial charge in [-0.2, -0.15) is 0 Å². The van der Waals surface area contributed by atoms with Crippen molar-refractivity contribution in [3.8, 4) is 11.5 Å². The van der Waals surface area contributed by atoms with E-state index in [1.54, 1.807) is 35.2 Å². The summed E-state index contributed by atoms with van der Waals surface area (Å²) in [6.45, 7) is 1.20. The summed E-state index contributed by atoms with van der Waals surface area (Å²) < 4.78 is 24.7. The van der Waals surface area contributed by atoms with Gasteiger partial charge < -0.3 is 25.4 Å². The number of nitrogens with two attached hydrogens (primary N) is 1. The molecule has 0 saturated carbocycles. The predicted molar refractivity (Wildman–Crippen MR) is 108 cm³/mol. The number of likely N-dealkylation sites (tertiary alicyclic amines) is 1. The Balaban J connectivity index is 0.00000205. The van der Waals surface area contributed by atoms with Crippen molar-refractivity contribution in [3.63, 3.8) is 0 Å². The molecule has 1 spiro atoms. The van der Waals surface area contributed by atoms with Gasteiger partial charge in [-0.25, -0.2) is 9.38 Å². The molecule has 9 heteroatoms. The van der Waals surface area contributed by atoms with E-state index in [1.807, 2.05) is 0 Å². The molecule has 3 N–H and O–H groups in total. The van der Waals surface area contributed by atoms with E-state index in [9.17, 15) is 9.18 Å². The predicted octanol–water partition coefficient (Wildman–Crippen LogP) is 2.74. The van der Waals surface area contributed by atoms with Crippen LogP contribution in [-0.4, -0.2) is 42.2 Å². The van der Waals surface area contributed by atoms with Gasteiger partial charge in [0.1, 0.15) is 17.3 Å². The van der Waals surface area contributed by atoms with Crippen molar-refractivity contribution in [1.82, 2.24) is 4.90 Å². The highest BCUT2D eigenvalue weighted by Gasteiger charge is 2.39. The normalized spacial score (nSPS) is 18.4. The maximum absolute atomic E-state index is 14.1. The molecular formula is C20H20ClFN4O3. The molecule has 152 valence electrons. The number of piperidine rings is 1. The Labute approximate surface area is 173 Å². The van der Waals surface area contributed by atoms with Crippen LogP contribution in [0.2, 0.25) is 0 Å². The molecule has 0 unspecified atom stereocenters. The molecule has 1 amide bonds. The van der Waals surface area contributed by atoms with E-state index in [-0.39, 0.29) is 30.9 Å². The van der Waals surface area contributed by atoms with Gasteiger partial charge >= 0.3 is 0 Å². The number of halogens is 2. The van der Waals surface area contributed by atoms with Crippen LogP contribution in [0.1, 0.15) is 28.8 Å². The highest BCUT2D eigenvalue weighted by atomic mass is 35.5. The number of anilines is 1.